The number of carbonyl (C=O) groups excluding carboxylic acids is 2. The Bertz CT molecular complexity index is 851. The number of nitrogens with zero attached hydrogens (tertiary/aromatic N) is 1. The lowest BCUT2D eigenvalue weighted by Crippen LogP contribution is -2.20. The van der Waals surface area contributed by atoms with E-state index in [1.807, 2.05) is 13.8 Å². The fourth-order valence-corrected chi connectivity index (χ4v) is 2.28. The summed E-state index contributed by atoms with van der Waals surface area (Å²) in [6, 6.07) is 11.8. The van der Waals surface area contributed by atoms with E-state index in [-0.39, 0.29) is 6.61 Å². The highest BCUT2D eigenvalue weighted by Gasteiger charge is 2.11. The van der Waals surface area contributed by atoms with E-state index in [9.17, 15) is 9.59 Å². The van der Waals surface area contributed by atoms with Gasteiger partial charge >= 0.3 is 0 Å². The first kappa shape index (κ1) is 20.8. The van der Waals surface area contributed by atoms with Gasteiger partial charge in [0.2, 0.25) is 0 Å². The smallest absolute Gasteiger partial charge is 0.271 e. The second-order valence-corrected chi connectivity index (χ2v) is 5.52. The minimum Gasteiger partial charge on any atom is -0.490 e. The summed E-state index contributed by atoms with van der Waals surface area (Å²) in [4.78, 5) is 23.2. The Morgan fingerprint density at radius 1 is 1.00 bits per heavy atom. The predicted molar refractivity (Wildman–Crippen MR) is 105 cm³/mol. The van der Waals surface area contributed by atoms with Crippen LogP contribution >= 0.6 is 0 Å². The van der Waals surface area contributed by atoms with Crippen LogP contribution < -0.4 is 25.4 Å². The number of nitrogens with one attached hydrogen (secondary N) is 1. The second-order valence-electron chi connectivity index (χ2n) is 5.52. The summed E-state index contributed by atoms with van der Waals surface area (Å²) in [6.07, 6.45) is 1.42. The number of hydrazone groups is 1. The molecule has 0 saturated carbocycles. The number of hydrogen-bond acceptors (Lipinski definition) is 6. The molecule has 0 aliphatic carbocycles. The first-order valence-electron chi connectivity index (χ1n) is 8.78. The number of benzene rings is 2. The van der Waals surface area contributed by atoms with Crippen molar-refractivity contribution in [3.05, 3.63) is 53.6 Å². The minimum absolute atomic E-state index is 0.246. The molecule has 28 heavy (non-hydrogen) atoms. The van der Waals surface area contributed by atoms with Gasteiger partial charge in [0.15, 0.2) is 18.1 Å². The molecule has 3 N–H and O–H groups in total. The Kier molecular flexibility index (Phi) is 7.83. The number of rotatable bonds is 10. The summed E-state index contributed by atoms with van der Waals surface area (Å²) in [6.45, 7) is 4.42. The molecule has 0 saturated heterocycles. The molecule has 0 unspecified atom stereocenters. The standard InChI is InChI=1S/C20H23N3O5/c1-3-26-17-10-9-14(11-18(17)27-4-2)20(25)23-22-12-15-7-5-6-8-16(15)28-13-19(21)24/h5-12H,3-4,13H2,1-2H3,(H2,21,24)(H,23,25)/b22-12+. The fraction of sp³-hybridized carbons (Fsp3) is 0.250. The van der Waals surface area contributed by atoms with E-state index in [1.54, 1.807) is 42.5 Å². The summed E-state index contributed by atoms with van der Waals surface area (Å²) in [5.74, 6) is 0.506. The Morgan fingerprint density at radius 3 is 2.43 bits per heavy atom. The van der Waals surface area contributed by atoms with Crippen LogP contribution in [0, 0.1) is 0 Å². The average molecular weight is 385 g/mol. The number of carbonyl (C=O) groups is 2. The van der Waals surface area contributed by atoms with Gasteiger partial charge in [-0.15, -0.1) is 0 Å². The molecule has 0 aliphatic heterocycles. The predicted octanol–water partition coefficient (Wildman–Crippen LogP) is 2.11. The topological polar surface area (TPSA) is 112 Å². The van der Waals surface area contributed by atoms with E-state index in [0.29, 0.717) is 41.6 Å². The van der Waals surface area contributed by atoms with Gasteiger partial charge in [0.05, 0.1) is 19.4 Å². The van der Waals surface area contributed by atoms with Crippen molar-refractivity contribution in [2.75, 3.05) is 19.8 Å². The minimum atomic E-state index is -0.583. The highest BCUT2D eigenvalue weighted by molar-refractivity contribution is 5.95. The third kappa shape index (κ3) is 6.01. The van der Waals surface area contributed by atoms with Crippen LogP contribution in [0.1, 0.15) is 29.8 Å². The van der Waals surface area contributed by atoms with Gasteiger partial charge in [0.1, 0.15) is 5.75 Å². The number of primary amides is 1. The van der Waals surface area contributed by atoms with Crippen molar-refractivity contribution in [2.45, 2.75) is 13.8 Å². The molecule has 0 aliphatic rings. The van der Waals surface area contributed by atoms with E-state index in [1.165, 1.54) is 6.21 Å². The number of hydrogen-bond donors (Lipinski definition) is 2. The van der Waals surface area contributed by atoms with Crippen LogP contribution in [0.3, 0.4) is 0 Å². The average Bonchev–Trinajstić information content (AvgIpc) is 2.68. The molecule has 0 aromatic heterocycles. The molecule has 0 fully saturated rings. The molecule has 0 radical (unpaired) electrons. The van der Waals surface area contributed by atoms with E-state index in [2.05, 4.69) is 10.5 Å². The van der Waals surface area contributed by atoms with Crippen molar-refractivity contribution < 1.29 is 23.8 Å². The van der Waals surface area contributed by atoms with Crippen LogP contribution in [-0.4, -0.2) is 37.8 Å². The summed E-state index contributed by atoms with van der Waals surface area (Å²) >= 11 is 0. The maximum Gasteiger partial charge on any atom is 0.271 e. The van der Waals surface area contributed by atoms with Crippen molar-refractivity contribution >= 4 is 18.0 Å². The summed E-state index contributed by atoms with van der Waals surface area (Å²) in [7, 11) is 0. The van der Waals surface area contributed by atoms with Gasteiger partial charge in [-0.25, -0.2) is 5.43 Å². The summed E-state index contributed by atoms with van der Waals surface area (Å²) < 4.78 is 16.3. The van der Waals surface area contributed by atoms with Gasteiger partial charge in [-0.1, -0.05) is 12.1 Å². The molecule has 2 aromatic carbocycles. The fourth-order valence-electron chi connectivity index (χ4n) is 2.28. The first-order chi connectivity index (χ1) is 13.5. The first-order valence-corrected chi connectivity index (χ1v) is 8.78. The molecule has 0 heterocycles. The van der Waals surface area contributed by atoms with Gasteiger partial charge in [0, 0.05) is 11.1 Å². The second kappa shape index (κ2) is 10.6. The molecular formula is C20H23N3O5. The van der Waals surface area contributed by atoms with Crippen LogP contribution in [0.15, 0.2) is 47.6 Å². The van der Waals surface area contributed by atoms with Crippen LogP contribution in [-0.2, 0) is 4.79 Å². The third-order valence-electron chi connectivity index (χ3n) is 3.46. The molecule has 8 heteroatoms. The Hall–Kier alpha value is -3.55. The van der Waals surface area contributed by atoms with Gasteiger partial charge in [-0.05, 0) is 44.2 Å². The zero-order valence-corrected chi connectivity index (χ0v) is 15.8. The Labute approximate surface area is 163 Å². The number of ether oxygens (including phenoxy) is 3. The summed E-state index contributed by atoms with van der Waals surface area (Å²) in [5.41, 5.74) is 8.50. The van der Waals surface area contributed by atoms with Crippen LogP contribution in [0.4, 0.5) is 0 Å². The Morgan fingerprint density at radius 2 is 1.71 bits per heavy atom. The lowest BCUT2D eigenvalue weighted by Gasteiger charge is -2.11. The summed E-state index contributed by atoms with van der Waals surface area (Å²) in [5, 5.41) is 3.95. The van der Waals surface area contributed by atoms with Crippen molar-refractivity contribution in [1.29, 1.82) is 0 Å². The van der Waals surface area contributed by atoms with Gasteiger partial charge in [0.25, 0.3) is 11.8 Å². The maximum absolute atomic E-state index is 12.3. The van der Waals surface area contributed by atoms with Crippen molar-refractivity contribution in [3.63, 3.8) is 0 Å². The lowest BCUT2D eigenvalue weighted by atomic mass is 10.2. The third-order valence-corrected chi connectivity index (χ3v) is 3.46. The molecule has 0 atom stereocenters. The highest BCUT2D eigenvalue weighted by Crippen LogP contribution is 2.28. The molecule has 2 rings (SSSR count). The van der Waals surface area contributed by atoms with Crippen molar-refractivity contribution in [2.24, 2.45) is 10.8 Å². The van der Waals surface area contributed by atoms with E-state index >= 15 is 0 Å². The Balaban J connectivity index is 2.08. The maximum atomic E-state index is 12.3. The van der Waals surface area contributed by atoms with Crippen LogP contribution in [0.25, 0.3) is 0 Å². The lowest BCUT2D eigenvalue weighted by molar-refractivity contribution is -0.119. The number of amides is 2. The zero-order chi connectivity index (χ0) is 20.4. The SMILES string of the molecule is CCOc1ccc(C(=O)N/N=C/c2ccccc2OCC(N)=O)cc1OCC. The monoisotopic (exact) mass is 385 g/mol. The molecule has 8 nitrogen and oxygen atoms in total. The number of para-hydroxylation sites is 1. The number of nitrogens with two attached hydrogens (primary N) is 1. The van der Waals surface area contributed by atoms with E-state index < -0.39 is 11.8 Å². The van der Waals surface area contributed by atoms with Gasteiger partial charge in [-0.2, -0.15) is 5.10 Å². The van der Waals surface area contributed by atoms with Crippen LogP contribution in [0.5, 0.6) is 17.2 Å². The van der Waals surface area contributed by atoms with Crippen molar-refractivity contribution in [3.8, 4) is 17.2 Å². The quantitative estimate of drug-likeness (QED) is 0.480. The van der Waals surface area contributed by atoms with Gasteiger partial charge < -0.3 is 19.9 Å². The zero-order valence-electron chi connectivity index (χ0n) is 15.8. The van der Waals surface area contributed by atoms with E-state index in [4.69, 9.17) is 19.9 Å². The molecule has 0 bridgehead atoms. The highest BCUT2D eigenvalue weighted by atomic mass is 16.5. The van der Waals surface area contributed by atoms with Crippen LogP contribution in [0.2, 0.25) is 0 Å². The molecule has 0 spiro atoms. The molecule has 2 amide bonds. The van der Waals surface area contributed by atoms with Gasteiger partial charge in [-0.3, -0.25) is 9.59 Å². The normalized spacial score (nSPS) is 10.5. The molecule has 148 valence electrons. The largest absolute Gasteiger partial charge is 0.490 e. The molecule has 2 aromatic rings. The molecular weight excluding hydrogens is 362 g/mol. The van der Waals surface area contributed by atoms with Crippen molar-refractivity contribution in [1.82, 2.24) is 5.43 Å². The van der Waals surface area contributed by atoms with E-state index in [0.717, 1.165) is 0 Å².